The molecule has 3 nitrogen and oxygen atoms in total. The van der Waals surface area contributed by atoms with E-state index in [0.29, 0.717) is 0 Å². The smallest absolute Gasteiger partial charge is 0.0900 e. The van der Waals surface area contributed by atoms with Gasteiger partial charge in [-0.25, -0.2) is 10.4 Å². The van der Waals surface area contributed by atoms with Gasteiger partial charge >= 0.3 is 0 Å². The highest BCUT2D eigenvalue weighted by molar-refractivity contribution is 7.11. The van der Waals surface area contributed by atoms with Crippen LogP contribution in [0.1, 0.15) is 27.2 Å². The average molecular weight is 233 g/mol. The van der Waals surface area contributed by atoms with Gasteiger partial charge in [-0.2, -0.15) is 0 Å². The fourth-order valence-electron chi connectivity index (χ4n) is 1.78. The summed E-state index contributed by atoms with van der Waals surface area (Å²) in [5.41, 5.74) is 5.07. The topological polar surface area (TPSA) is 50.9 Å². The van der Waals surface area contributed by atoms with E-state index in [-0.39, 0.29) is 6.04 Å². The second-order valence-electron chi connectivity index (χ2n) is 3.69. The second-order valence-corrected chi connectivity index (χ2v) is 4.93. The van der Waals surface area contributed by atoms with Crippen LogP contribution < -0.4 is 11.3 Å². The number of nitrogens with two attached hydrogens (primary N) is 1. The molecule has 1 aromatic carbocycles. The molecule has 2 rings (SSSR count). The zero-order valence-electron chi connectivity index (χ0n) is 9.40. The number of nitrogens with one attached hydrogen (secondary N) is 1. The number of thiazole rings is 1. The minimum Gasteiger partial charge on any atom is -0.271 e. The summed E-state index contributed by atoms with van der Waals surface area (Å²) in [4.78, 5) is 5.61. The monoisotopic (exact) mass is 233 g/mol. The van der Waals surface area contributed by atoms with Crippen molar-refractivity contribution in [3.05, 3.63) is 51.5 Å². The zero-order valence-corrected chi connectivity index (χ0v) is 10.2. The summed E-state index contributed by atoms with van der Waals surface area (Å²) in [6.07, 6.45) is 0. The molecule has 4 heteroatoms. The van der Waals surface area contributed by atoms with E-state index in [1.165, 1.54) is 4.88 Å². The first-order valence-electron chi connectivity index (χ1n) is 5.17. The molecule has 0 aliphatic heterocycles. The third-order valence-electron chi connectivity index (χ3n) is 2.50. The van der Waals surface area contributed by atoms with Gasteiger partial charge < -0.3 is 0 Å². The van der Waals surface area contributed by atoms with Gasteiger partial charge in [-0.1, -0.05) is 30.3 Å². The molecule has 0 amide bonds. The minimum absolute atomic E-state index is 0.0346. The van der Waals surface area contributed by atoms with E-state index in [1.807, 2.05) is 32.0 Å². The molecule has 0 bridgehead atoms. The van der Waals surface area contributed by atoms with Crippen LogP contribution in [0.2, 0.25) is 0 Å². The number of rotatable bonds is 3. The van der Waals surface area contributed by atoms with Crippen LogP contribution in [0.3, 0.4) is 0 Å². The summed E-state index contributed by atoms with van der Waals surface area (Å²) < 4.78 is 0. The van der Waals surface area contributed by atoms with Crippen molar-refractivity contribution in [1.82, 2.24) is 10.4 Å². The maximum atomic E-state index is 5.64. The normalized spacial score (nSPS) is 12.7. The maximum absolute atomic E-state index is 5.64. The molecule has 84 valence electrons. The Morgan fingerprint density at radius 2 is 1.94 bits per heavy atom. The third kappa shape index (κ3) is 2.14. The van der Waals surface area contributed by atoms with Crippen molar-refractivity contribution in [2.75, 3.05) is 0 Å². The lowest BCUT2D eigenvalue weighted by Gasteiger charge is -2.15. The Morgan fingerprint density at radius 1 is 1.25 bits per heavy atom. The SMILES string of the molecule is Cc1nc(C)c(C(NN)c2ccccc2)s1. The summed E-state index contributed by atoms with van der Waals surface area (Å²) in [5.74, 6) is 5.64. The molecule has 16 heavy (non-hydrogen) atoms. The van der Waals surface area contributed by atoms with Crippen molar-refractivity contribution < 1.29 is 0 Å². The Morgan fingerprint density at radius 3 is 2.44 bits per heavy atom. The van der Waals surface area contributed by atoms with Crippen LogP contribution in [0.4, 0.5) is 0 Å². The van der Waals surface area contributed by atoms with Crippen LogP contribution in [-0.4, -0.2) is 4.98 Å². The highest BCUT2D eigenvalue weighted by Gasteiger charge is 2.17. The van der Waals surface area contributed by atoms with E-state index in [2.05, 4.69) is 22.5 Å². The molecule has 1 atom stereocenters. The lowest BCUT2D eigenvalue weighted by atomic mass is 10.1. The van der Waals surface area contributed by atoms with Gasteiger partial charge in [-0.05, 0) is 19.4 Å². The molecule has 0 aliphatic rings. The van der Waals surface area contributed by atoms with E-state index in [0.717, 1.165) is 16.3 Å². The number of aryl methyl sites for hydroxylation is 2. The Hall–Kier alpha value is -1.23. The maximum Gasteiger partial charge on any atom is 0.0900 e. The largest absolute Gasteiger partial charge is 0.271 e. The molecular formula is C12H15N3S. The Balaban J connectivity index is 2.40. The zero-order chi connectivity index (χ0) is 11.5. The number of hydrogen-bond donors (Lipinski definition) is 2. The minimum atomic E-state index is 0.0346. The van der Waals surface area contributed by atoms with Gasteiger partial charge in [0.1, 0.15) is 0 Å². The number of benzene rings is 1. The second kappa shape index (κ2) is 4.74. The first kappa shape index (κ1) is 11.3. The highest BCUT2D eigenvalue weighted by atomic mass is 32.1. The van der Waals surface area contributed by atoms with Gasteiger partial charge in [0, 0.05) is 0 Å². The first-order chi connectivity index (χ1) is 7.72. The van der Waals surface area contributed by atoms with Crippen LogP contribution in [-0.2, 0) is 0 Å². The van der Waals surface area contributed by atoms with Gasteiger partial charge in [0.25, 0.3) is 0 Å². The Kier molecular flexibility index (Phi) is 3.33. The summed E-state index contributed by atoms with van der Waals surface area (Å²) >= 11 is 1.69. The van der Waals surface area contributed by atoms with Gasteiger partial charge in [0.15, 0.2) is 0 Å². The van der Waals surface area contributed by atoms with Gasteiger partial charge in [0.05, 0.1) is 21.6 Å². The molecule has 0 saturated heterocycles. The van der Waals surface area contributed by atoms with Crippen molar-refractivity contribution in [3.63, 3.8) is 0 Å². The quantitative estimate of drug-likeness (QED) is 0.632. The number of hydrogen-bond acceptors (Lipinski definition) is 4. The van der Waals surface area contributed by atoms with Crippen LogP contribution in [0, 0.1) is 13.8 Å². The van der Waals surface area contributed by atoms with Crippen molar-refractivity contribution in [2.45, 2.75) is 19.9 Å². The molecular weight excluding hydrogens is 218 g/mol. The molecule has 1 aromatic heterocycles. The summed E-state index contributed by atoms with van der Waals surface area (Å²) in [7, 11) is 0. The molecule has 0 aliphatic carbocycles. The van der Waals surface area contributed by atoms with Crippen molar-refractivity contribution in [1.29, 1.82) is 0 Å². The lowest BCUT2D eigenvalue weighted by molar-refractivity contribution is 0.642. The summed E-state index contributed by atoms with van der Waals surface area (Å²) in [5, 5.41) is 1.07. The molecule has 0 radical (unpaired) electrons. The van der Waals surface area contributed by atoms with E-state index in [1.54, 1.807) is 11.3 Å². The van der Waals surface area contributed by atoms with Crippen LogP contribution in [0.5, 0.6) is 0 Å². The molecule has 1 unspecified atom stereocenters. The first-order valence-corrected chi connectivity index (χ1v) is 5.99. The number of hydrazine groups is 1. The highest BCUT2D eigenvalue weighted by Crippen LogP contribution is 2.29. The third-order valence-corrected chi connectivity index (χ3v) is 3.64. The molecule has 3 N–H and O–H groups in total. The van der Waals surface area contributed by atoms with Gasteiger partial charge in [-0.3, -0.25) is 5.84 Å². The molecule has 1 heterocycles. The Labute approximate surface area is 99.3 Å². The molecule has 2 aromatic rings. The number of aromatic nitrogens is 1. The van der Waals surface area contributed by atoms with Gasteiger partial charge in [0.2, 0.25) is 0 Å². The van der Waals surface area contributed by atoms with E-state index in [4.69, 9.17) is 5.84 Å². The standard InChI is InChI=1S/C12H15N3S/c1-8-12(16-9(2)14-8)11(15-13)10-6-4-3-5-7-10/h3-7,11,15H,13H2,1-2H3. The average Bonchev–Trinajstić information content (AvgIpc) is 2.61. The predicted octanol–water partition coefficient (Wildman–Crippen LogP) is 2.31. The summed E-state index contributed by atoms with van der Waals surface area (Å²) in [6, 6.07) is 10.2. The molecule has 0 saturated carbocycles. The Bertz CT molecular complexity index is 464. The molecule has 0 fully saturated rings. The van der Waals surface area contributed by atoms with Gasteiger partial charge in [-0.15, -0.1) is 11.3 Å². The lowest BCUT2D eigenvalue weighted by Crippen LogP contribution is -2.28. The number of nitrogens with zero attached hydrogens (tertiary/aromatic N) is 1. The van der Waals surface area contributed by atoms with E-state index >= 15 is 0 Å². The van der Waals surface area contributed by atoms with Crippen LogP contribution in [0.15, 0.2) is 30.3 Å². The summed E-state index contributed by atoms with van der Waals surface area (Å²) in [6.45, 7) is 4.03. The van der Waals surface area contributed by atoms with Crippen molar-refractivity contribution in [2.24, 2.45) is 5.84 Å². The fourth-order valence-corrected chi connectivity index (χ4v) is 2.80. The van der Waals surface area contributed by atoms with Crippen molar-refractivity contribution >= 4 is 11.3 Å². The van der Waals surface area contributed by atoms with Crippen LogP contribution in [0.25, 0.3) is 0 Å². The van der Waals surface area contributed by atoms with Crippen LogP contribution >= 0.6 is 11.3 Å². The van der Waals surface area contributed by atoms with E-state index in [9.17, 15) is 0 Å². The fraction of sp³-hybridized carbons (Fsp3) is 0.250. The predicted molar refractivity (Wildman–Crippen MR) is 67.2 cm³/mol. The van der Waals surface area contributed by atoms with E-state index < -0.39 is 0 Å². The molecule has 0 spiro atoms. The van der Waals surface area contributed by atoms with Crippen molar-refractivity contribution in [3.8, 4) is 0 Å².